The van der Waals surface area contributed by atoms with E-state index in [1.807, 2.05) is 38.1 Å². The van der Waals surface area contributed by atoms with Gasteiger partial charge in [-0.15, -0.1) is 12.4 Å². The Morgan fingerprint density at radius 3 is 2.35 bits per heavy atom. The van der Waals surface area contributed by atoms with Crippen LogP contribution in [0, 0.1) is 0 Å². The van der Waals surface area contributed by atoms with Gasteiger partial charge in [-0.3, -0.25) is 0 Å². The van der Waals surface area contributed by atoms with Crippen molar-refractivity contribution in [2.75, 3.05) is 6.54 Å². The van der Waals surface area contributed by atoms with Crippen LogP contribution in [0.5, 0.6) is 5.75 Å². The summed E-state index contributed by atoms with van der Waals surface area (Å²) < 4.78 is 17.8. The fourth-order valence-electron chi connectivity index (χ4n) is 1.38. The average molecular weight is 260 g/mol. The summed E-state index contributed by atoms with van der Waals surface area (Å²) in [4.78, 5) is 0. The van der Waals surface area contributed by atoms with Crippen LogP contribution in [0.15, 0.2) is 36.2 Å². The Hall–Kier alpha value is -1.06. The van der Waals surface area contributed by atoms with Gasteiger partial charge in [-0.25, -0.2) is 4.39 Å². The molecule has 2 nitrogen and oxygen atoms in total. The van der Waals surface area contributed by atoms with Gasteiger partial charge in [-0.05, 0) is 43.5 Å². The van der Waals surface area contributed by atoms with Crippen molar-refractivity contribution in [2.45, 2.75) is 26.4 Å². The minimum Gasteiger partial charge on any atom is -0.491 e. The summed E-state index contributed by atoms with van der Waals surface area (Å²) in [6, 6.07) is 7.64. The number of ether oxygens (including phenoxy) is 1. The molecular weight excluding hydrogens is 241 g/mol. The summed E-state index contributed by atoms with van der Waals surface area (Å²) in [6.45, 7) is 4.21. The molecule has 0 heterocycles. The Labute approximate surface area is 108 Å². The standard InChI is InChI=1S/C13H18FNO.ClH/c1-10(2)16-13-5-3-11(4-6-13)7-12(8-14)9-15;/h3-6,8,10H,7,9,15H2,1-2H3;1H. The Kier molecular flexibility index (Phi) is 7.59. The van der Waals surface area contributed by atoms with Gasteiger partial charge in [-0.1, -0.05) is 12.1 Å². The molecule has 0 aliphatic carbocycles. The predicted molar refractivity (Wildman–Crippen MR) is 71.4 cm³/mol. The first-order valence-corrected chi connectivity index (χ1v) is 5.39. The largest absolute Gasteiger partial charge is 0.491 e. The first kappa shape index (κ1) is 15.9. The Balaban J connectivity index is 0.00000256. The van der Waals surface area contributed by atoms with E-state index in [9.17, 15) is 4.39 Å². The lowest BCUT2D eigenvalue weighted by Gasteiger charge is -2.10. The lowest BCUT2D eigenvalue weighted by atomic mass is 10.1. The van der Waals surface area contributed by atoms with Crippen molar-refractivity contribution in [3.63, 3.8) is 0 Å². The molecule has 2 N–H and O–H groups in total. The molecule has 0 amide bonds. The third-order valence-electron chi connectivity index (χ3n) is 2.14. The van der Waals surface area contributed by atoms with E-state index in [1.165, 1.54) is 0 Å². The number of halogens is 2. The summed E-state index contributed by atoms with van der Waals surface area (Å²) in [5.74, 6) is 0.831. The van der Waals surface area contributed by atoms with Gasteiger partial charge in [0.25, 0.3) is 0 Å². The quantitative estimate of drug-likeness (QED) is 0.881. The van der Waals surface area contributed by atoms with Crippen LogP contribution in [0.3, 0.4) is 0 Å². The molecule has 0 radical (unpaired) electrons. The average Bonchev–Trinajstić information content (AvgIpc) is 2.27. The van der Waals surface area contributed by atoms with Crippen LogP contribution in [0.1, 0.15) is 19.4 Å². The maximum atomic E-state index is 12.3. The zero-order valence-corrected chi connectivity index (χ0v) is 11.0. The highest BCUT2D eigenvalue weighted by atomic mass is 35.5. The van der Waals surface area contributed by atoms with E-state index >= 15 is 0 Å². The molecule has 0 unspecified atom stereocenters. The van der Waals surface area contributed by atoms with Crippen LogP contribution in [-0.2, 0) is 6.42 Å². The molecule has 4 heteroatoms. The number of nitrogens with two attached hydrogens (primary N) is 1. The van der Waals surface area contributed by atoms with Crippen molar-refractivity contribution < 1.29 is 9.13 Å². The van der Waals surface area contributed by atoms with Crippen molar-refractivity contribution in [1.82, 2.24) is 0 Å². The van der Waals surface area contributed by atoms with E-state index in [1.54, 1.807) is 0 Å². The second-order valence-electron chi connectivity index (χ2n) is 3.96. The summed E-state index contributed by atoms with van der Waals surface area (Å²) in [5, 5.41) is 0. The topological polar surface area (TPSA) is 35.2 Å². The van der Waals surface area contributed by atoms with Crippen molar-refractivity contribution in [3.05, 3.63) is 41.7 Å². The normalized spacial score (nSPS) is 11.2. The molecule has 0 aliphatic rings. The molecule has 0 spiro atoms. The Bertz CT molecular complexity index is 349. The molecule has 0 aliphatic heterocycles. The van der Waals surface area contributed by atoms with Gasteiger partial charge in [0.2, 0.25) is 0 Å². The van der Waals surface area contributed by atoms with Crippen LogP contribution >= 0.6 is 12.4 Å². The number of benzene rings is 1. The molecular formula is C13H19ClFNO. The summed E-state index contributed by atoms with van der Waals surface area (Å²) >= 11 is 0. The first-order valence-electron chi connectivity index (χ1n) is 5.39. The second-order valence-corrected chi connectivity index (χ2v) is 3.96. The monoisotopic (exact) mass is 259 g/mol. The summed E-state index contributed by atoms with van der Waals surface area (Å²) in [7, 11) is 0. The molecule has 0 saturated carbocycles. The minimum absolute atomic E-state index is 0. The zero-order valence-electron chi connectivity index (χ0n) is 10.2. The lowest BCUT2D eigenvalue weighted by molar-refractivity contribution is 0.242. The van der Waals surface area contributed by atoms with Crippen LogP contribution in [0.25, 0.3) is 0 Å². The lowest BCUT2D eigenvalue weighted by Crippen LogP contribution is -2.06. The van der Waals surface area contributed by atoms with Gasteiger partial charge in [0.1, 0.15) is 5.75 Å². The third-order valence-corrected chi connectivity index (χ3v) is 2.14. The molecule has 0 aromatic heterocycles. The van der Waals surface area contributed by atoms with Crippen molar-refractivity contribution in [2.24, 2.45) is 5.73 Å². The van der Waals surface area contributed by atoms with E-state index in [2.05, 4.69) is 0 Å². The zero-order chi connectivity index (χ0) is 12.0. The molecule has 0 atom stereocenters. The smallest absolute Gasteiger partial charge is 0.119 e. The fraction of sp³-hybridized carbons (Fsp3) is 0.385. The molecule has 0 bridgehead atoms. The van der Waals surface area contributed by atoms with Gasteiger partial charge < -0.3 is 10.5 Å². The molecule has 1 rings (SSSR count). The first-order chi connectivity index (χ1) is 7.65. The minimum atomic E-state index is 0. The van der Waals surface area contributed by atoms with Crippen molar-refractivity contribution in [1.29, 1.82) is 0 Å². The Morgan fingerprint density at radius 2 is 1.94 bits per heavy atom. The van der Waals surface area contributed by atoms with Gasteiger partial charge >= 0.3 is 0 Å². The van der Waals surface area contributed by atoms with Crippen LogP contribution in [0.2, 0.25) is 0 Å². The summed E-state index contributed by atoms with van der Waals surface area (Å²) in [6.07, 6.45) is 1.30. The third kappa shape index (κ3) is 5.71. The maximum absolute atomic E-state index is 12.3. The molecule has 0 saturated heterocycles. The van der Waals surface area contributed by atoms with Crippen molar-refractivity contribution in [3.8, 4) is 5.75 Å². The molecule has 96 valence electrons. The number of hydrogen-bond acceptors (Lipinski definition) is 2. The maximum Gasteiger partial charge on any atom is 0.119 e. The van der Waals surface area contributed by atoms with Crippen LogP contribution in [0.4, 0.5) is 4.39 Å². The Morgan fingerprint density at radius 1 is 1.35 bits per heavy atom. The predicted octanol–water partition coefficient (Wildman–Crippen LogP) is 3.25. The van der Waals surface area contributed by atoms with E-state index in [4.69, 9.17) is 10.5 Å². The van der Waals surface area contributed by atoms with E-state index < -0.39 is 0 Å². The van der Waals surface area contributed by atoms with Gasteiger partial charge in [0.05, 0.1) is 12.4 Å². The van der Waals surface area contributed by atoms with Crippen LogP contribution in [-0.4, -0.2) is 12.6 Å². The van der Waals surface area contributed by atoms with Crippen LogP contribution < -0.4 is 10.5 Å². The molecule has 1 aromatic carbocycles. The van der Waals surface area contributed by atoms with Gasteiger partial charge in [-0.2, -0.15) is 0 Å². The van der Waals surface area contributed by atoms with E-state index in [0.29, 0.717) is 18.3 Å². The van der Waals surface area contributed by atoms with Gasteiger partial charge in [0.15, 0.2) is 0 Å². The fourth-order valence-corrected chi connectivity index (χ4v) is 1.38. The highest BCUT2D eigenvalue weighted by Crippen LogP contribution is 2.15. The van der Waals surface area contributed by atoms with Gasteiger partial charge in [0, 0.05) is 6.54 Å². The number of hydrogen-bond donors (Lipinski definition) is 1. The van der Waals surface area contributed by atoms with E-state index in [-0.39, 0.29) is 25.1 Å². The van der Waals surface area contributed by atoms with Crippen molar-refractivity contribution >= 4 is 12.4 Å². The highest BCUT2D eigenvalue weighted by molar-refractivity contribution is 5.85. The SMILES string of the molecule is CC(C)Oc1ccc(CC(=CF)CN)cc1.Cl. The highest BCUT2D eigenvalue weighted by Gasteiger charge is 2.00. The second kappa shape index (κ2) is 8.09. The number of rotatable bonds is 5. The molecule has 0 fully saturated rings. The van der Waals surface area contributed by atoms with E-state index in [0.717, 1.165) is 11.3 Å². The summed E-state index contributed by atoms with van der Waals surface area (Å²) in [5.41, 5.74) is 7.02. The molecule has 1 aromatic rings. The molecule has 17 heavy (non-hydrogen) atoms.